The van der Waals surface area contributed by atoms with Gasteiger partial charge in [-0.25, -0.2) is 0 Å². The van der Waals surface area contributed by atoms with Gasteiger partial charge in [0.15, 0.2) is 5.82 Å². The number of allylic oxidation sites excluding steroid dienone is 1. The largest absolute Gasteiger partial charge is 0.368 e. The second-order valence-electron chi connectivity index (χ2n) is 6.54. The number of aromatic nitrogens is 3. The number of para-hydroxylation sites is 1. The van der Waals surface area contributed by atoms with E-state index >= 15 is 0 Å². The highest BCUT2D eigenvalue weighted by Crippen LogP contribution is 2.24. The number of nitrogens with one attached hydrogen (secondary N) is 2. The monoisotopic (exact) mass is 337 g/mol. The van der Waals surface area contributed by atoms with Gasteiger partial charge in [-0.1, -0.05) is 36.8 Å². The van der Waals surface area contributed by atoms with Crippen molar-refractivity contribution in [2.45, 2.75) is 52.4 Å². The molecule has 0 unspecified atom stereocenters. The molecule has 132 valence electrons. The van der Waals surface area contributed by atoms with E-state index < -0.39 is 0 Å². The minimum Gasteiger partial charge on any atom is -0.368 e. The molecule has 0 radical (unpaired) electrons. The Hall–Kier alpha value is -2.43. The van der Waals surface area contributed by atoms with Gasteiger partial charge in [-0.2, -0.15) is 10.1 Å². The van der Waals surface area contributed by atoms with Crippen LogP contribution >= 0.6 is 0 Å². The van der Waals surface area contributed by atoms with Crippen LogP contribution in [0, 0.1) is 6.92 Å². The summed E-state index contributed by atoms with van der Waals surface area (Å²) < 4.78 is 0. The van der Waals surface area contributed by atoms with E-state index in [-0.39, 0.29) is 0 Å². The molecular formula is C20H27N5. The Labute approximate surface area is 150 Å². The lowest BCUT2D eigenvalue weighted by atomic mass is 9.97. The van der Waals surface area contributed by atoms with Crippen LogP contribution in [0.3, 0.4) is 0 Å². The Bertz CT molecular complexity index is 739. The first-order chi connectivity index (χ1) is 12.3. The van der Waals surface area contributed by atoms with Gasteiger partial charge in [0.05, 0.1) is 6.20 Å². The summed E-state index contributed by atoms with van der Waals surface area (Å²) in [5, 5.41) is 14.9. The van der Waals surface area contributed by atoms with Crippen LogP contribution < -0.4 is 10.6 Å². The van der Waals surface area contributed by atoms with E-state index in [1.807, 2.05) is 0 Å². The van der Waals surface area contributed by atoms with E-state index in [1.165, 1.54) is 36.8 Å². The molecule has 1 aromatic carbocycles. The Morgan fingerprint density at radius 2 is 2.12 bits per heavy atom. The summed E-state index contributed by atoms with van der Waals surface area (Å²) in [6.45, 7) is 5.13. The molecule has 1 aliphatic carbocycles. The lowest BCUT2D eigenvalue weighted by Gasteiger charge is -2.14. The van der Waals surface area contributed by atoms with Crippen LogP contribution in [0.15, 0.2) is 36.0 Å². The number of rotatable bonds is 7. The molecule has 1 aromatic heterocycles. The van der Waals surface area contributed by atoms with E-state index in [0.29, 0.717) is 5.95 Å². The maximum Gasteiger partial charge on any atom is 0.249 e. The van der Waals surface area contributed by atoms with Crippen molar-refractivity contribution in [2.75, 3.05) is 17.2 Å². The molecule has 3 rings (SSSR count). The zero-order chi connectivity index (χ0) is 17.5. The molecule has 5 nitrogen and oxygen atoms in total. The van der Waals surface area contributed by atoms with Crippen LogP contribution in [0.5, 0.6) is 0 Å². The third kappa shape index (κ3) is 4.78. The van der Waals surface area contributed by atoms with Crippen LogP contribution in [-0.4, -0.2) is 21.7 Å². The van der Waals surface area contributed by atoms with Crippen molar-refractivity contribution in [1.29, 1.82) is 0 Å². The fourth-order valence-corrected chi connectivity index (χ4v) is 3.24. The predicted octanol–water partition coefficient (Wildman–Crippen LogP) is 4.79. The van der Waals surface area contributed by atoms with Gasteiger partial charge in [0, 0.05) is 12.2 Å². The molecule has 0 atom stereocenters. The van der Waals surface area contributed by atoms with Gasteiger partial charge in [-0.15, -0.1) is 5.10 Å². The van der Waals surface area contributed by atoms with Gasteiger partial charge >= 0.3 is 0 Å². The molecule has 2 aromatic rings. The highest BCUT2D eigenvalue weighted by atomic mass is 15.3. The van der Waals surface area contributed by atoms with Crippen molar-refractivity contribution in [3.8, 4) is 0 Å². The fraction of sp³-hybridized carbons (Fsp3) is 0.450. The zero-order valence-electron chi connectivity index (χ0n) is 15.2. The normalized spacial score (nSPS) is 14.1. The summed E-state index contributed by atoms with van der Waals surface area (Å²) in [4.78, 5) is 4.55. The Morgan fingerprint density at radius 3 is 2.92 bits per heavy atom. The van der Waals surface area contributed by atoms with Crippen LogP contribution in [-0.2, 0) is 6.42 Å². The molecule has 0 amide bonds. The van der Waals surface area contributed by atoms with Crippen molar-refractivity contribution in [1.82, 2.24) is 15.2 Å². The Morgan fingerprint density at radius 1 is 1.20 bits per heavy atom. The average molecular weight is 337 g/mol. The molecule has 2 N–H and O–H groups in total. The Kier molecular flexibility index (Phi) is 5.99. The number of benzene rings is 1. The summed E-state index contributed by atoms with van der Waals surface area (Å²) in [5.74, 6) is 1.30. The number of hydrogen-bond donors (Lipinski definition) is 2. The van der Waals surface area contributed by atoms with Gasteiger partial charge in [-0.3, -0.25) is 0 Å². The maximum absolute atomic E-state index is 4.55. The molecule has 5 heteroatoms. The first-order valence-electron chi connectivity index (χ1n) is 9.23. The molecular weight excluding hydrogens is 310 g/mol. The van der Waals surface area contributed by atoms with Crippen molar-refractivity contribution in [2.24, 2.45) is 0 Å². The molecule has 0 saturated carbocycles. The van der Waals surface area contributed by atoms with E-state index in [1.54, 1.807) is 11.8 Å². The van der Waals surface area contributed by atoms with Crippen molar-refractivity contribution < 1.29 is 0 Å². The third-order valence-electron chi connectivity index (χ3n) is 4.67. The lowest BCUT2D eigenvalue weighted by molar-refractivity contribution is 0.679. The molecule has 1 aliphatic rings. The van der Waals surface area contributed by atoms with Gasteiger partial charge in [0.1, 0.15) is 0 Å². The fourth-order valence-electron chi connectivity index (χ4n) is 3.24. The average Bonchev–Trinajstić information content (AvgIpc) is 2.65. The van der Waals surface area contributed by atoms with Crippen LogP contribution in [0.25, 0.3) is 0 Å². The van der Waals surface area contributed by atoms with E-state index in [0.717, 1.165) is 30.9 Å². The number of aryl methyl sites for hydroxylation is 2. The highest BCUT2D eigenvalue weighted by molar-refractivity contribution is 5.63. The van der Waals surface area contributed by atoms with Crippen molar-refractivity contribution >= 4 is 17.5 Å². The molecule has 0 fully saturated rings. The molecule has 25 heavy (non-hydrogen) atoms. The molecule has 0 spiro atoms. The third-order valence-corrected chi connectivity index (χ3v) is 4.67. The summed E-state index contributed by atoms with van der Waals surface area (Å²) in [7, 11) is 0. The number of hydrogen-bond acceptors (Lipinski definition) is 5. The second kappa shape index (κ2) is 8.60. The van der Waals surface area contributed by atoms with Crippen LogP contribution in [0.1, 0.15) is 50.2 Å². The highest BCUT2D eigenvalue weighted by Gasteiger charge is 2.08. The molecule has 0 bridgehead atoms. The quantitative estimate of drug-likeness (QED) is 0.711. The topological polar surface area (TPSA) is 62.7 Å². The smallest absolute Gasteiger partial charge is 0.249 e. The second-order valence-corrected chi connectivity index (χ2v) is 6.54. The molecule has 0 saturated heterocycles. The number of nitrogens with zero attached hydrogens (tertiary/aromatic N) is 3. The van der Waals surface area contributed by atoms with Gasteiger partial charge < -0.3 is 10.6 Å². The van der Waals surface area contributed by atoms with Crippen LogP contribution in [0.2, 0.25) is 0 Å². The van der Waals surface area contributed by atoms with Gasteiger partial charge in [0.2, 0.25) is 5.95 Å². The van der Waals surface area contributed by atoms with Crippen LogP contribution in [0.4, 0.5) is 17.5 Å². The van der Waals surface area contributed by atoms with Crippen molar-refractivity contribution in [3.63, 3.8) is 0 Å². The zero-order valence-corrected chi connectivity index (χ0v) is 15.2. The molecule has 1 heterocycles. The lowest BCUT2D eigenvalue weighted by Crippen LogP contribution is -2.09. The first-order valence-corrected chi connectivity index (χ1v) is 9.23. The van der Waals surface area contributed by atoms with Crippen molar-refractivity contribution in [3.05, 3.63) is 47.2 Å². The van der Waals surface area contributed by atoms with E-state index in [4.69, 9.17) is 0 Å². The standard InChI is InChI=1S/C20H27N5/c1-3-17-11-7-8-15(2)19(17)24-20-23-18(14-22-25-20)21-13-12-16-9-5-4-6-10-16/h7-9,11,14H,3-6,10,12-13H2,1-2H3,(H2,21,23,24,25). The minimum atomic E-state index is 0.533. The minimum absolute atomic E-state index is 0.533. The van der Waals surface area contributed by atoms with Gasteiger partial charge in [0.25, 0.3) is 0 Å². The summed E-state index contributed by atoms with van der Waals surface area (Å²) in [6.07, 6.45) is 11.2. The van der Waals surface area contributed by atoms with E-state index in [9.17, 15) is 0 Å². The maximum atomic E-state index is 4.55. The predicted molar refractivity (Wildman–Crippen MR) is 103 cm³/mol. The first kappa shape index (κ1) is 17.4. The summed E-state index contributed by atoms with van der Waals surface area (Å²) in [6, 6.07) is 6.30. The van der Waals surface area contributed by atoms with Gasteiger partial charge in [-0.05, 0) is 56.6 Å². The SMILES string of the molecule is CCc1cccc(C)c1Nc1nncc(NCCC2=CCCCC2)n1. The molecule has 0 aliphatic heterocycles. The summed E-state index contributed by atoms with van der Waals surface area (Å²) in [5.41, 5.74) is 5.08. The summed E-state index contributed by atoms with van der Waals surface area (Å²) >= 11 is 0. The Balaban J connectivity index is 1.62. The number of anilines is 3. The van der Waals surface area contributed by atoms with E-state index in [2.05, 4.69) is 63.9 Å².